The van der Waals surface area contributed by atoms with E-state index in [1.54, 1.807) is 0 Å². The van der Waals surface area contributed by atoms with Crippen LogP contribution in [0.2, 0.25) is 0 Å². The Morgan fingerprint density at radius 2 is 2.12 bits per heavy atom. The lowest BCUT2D eigenvalue weighted by molar-refractivity contribution is 0.580. The Morgan fingerprint density at radius 1 is 1.38 bits per heavy atom. The zero-order valence-electron chi connectivity index (χ0n) is 9.17. The number of nitrogens with zero attached hydrogens (tertiary/aromatic N) is 1. The molecule has 0 unspecified atom stereocenters. The van der Waals surface area contributed by atoms with Crippen molar-refractivity contribution in [3.05, 3.63) is 28.2 Å². The van der Waals surface area contributed by atoms with E-state index >= 15 is 0 Å². The normalized spacial score (nSPS) is 16.0. The molecule has 0 atom stereocenters. The fourth-order valence-corrected chi connectivity index (χ4v) is 2.72. The van der Waals surface area contributed by atoms with E-state index in [0.29, 0.717) is 5.56 Å². The maximum Gasteiger partial charge on any atom is 0.0992 e. The predicted octanol–water partition coefficient (Wildman–Crippen LogP) is 3.92. The quantitative estimate of drug-likeness (QED) is 0.910. The van der Waals surface area contributed by atoms with Crippen LogP contribution in [-0.2, 0) is 0 Å². The highest BCUT2D eigenvalue weighted by molar-refractivity contribution is 9.10. The lowest BCUT2D eigenvalue weighted by atomic mass is 10.1. The molecule has 0 heterocycles. The molecule has 16 heavy (non-hydrogen) atoms. The molecule has 1 aromatic carbocycles. The number of hydrogen-bond acceptors (Lipinski definition) is 2. The summed E-state index contributed by atoms with van der Waals surface area (Å²) in [6.45, 7) is 1.05. The van der Waals surface area contributed by atoms with E-state index in [9.17, 15) is 0 Å². The van der Waals surface area contributed by atoms with Crippen LogP contribution in [0.4, 0.5) is 5.69 Å². The van der Waals surface area contributed by atoms with Crippen LogP contribution in [0, 0.1) is 17.2 Å². The third kappa shape index (κ3) is 2.76. The van der Waals surface area contributed by atoms with Gasteiger partial charge in [0.2, 0.25) is 0 Å². The summed E-state index contributed by atoms with van der Waals surface area (Å²) in [5.74, 6) is 0.822. The molecule has 0 aromatic heterocycles. The van der Waals surface area contributed by atoms with Crippen molar-refractivity contribution in [1.82, 2.24) is 0 Å². The molecule has 0 spiro atoms. The number of hydrogen-bond donors (Lipinski definition) is 1. The monoisotopic (exact) mass is 278 g/mol. The SMILES string of the molecule is N#Cc1ccc(NCC2CCCC2)c(Br)c1. The van der Waals surface area contributed by atoms with Gasteiger partial charge in [0.1, 0.15) is 0 Å². The Hall–Kier alpha value is -1.01. The molecule has 84 valence electrons. The number of halogens is 1. The maximum atomic E-state index is 8.76. The lowest BCUT2D eigenvalue weighted by Gasteiger charge is -2.13. The van der Waals surface area contributed by atoms with E-state index < -0.39 is 0 Å². The molecule has 1 fully saturated rings. The van der Waals surface area contributed by atoms with E-state index in [4.69, 9.17) is 5.26 Å². The molecule has 0 amide bonds. The van der Waals surface area contributed by atoms with Gasteiger partial charge in [-0.2, -0.15) is 5.26 Å². The fourth-order valence-electron chi connectivity index (χ4n) is 2.20. The van der Waals surface area contributed by atoms with E-state index in [0.717, 1.165) is 22.6 Å². The molecule has 2 rings (SSSR count). The van der Waals surface area contributed by atoms with Gasteiger partial charge in [-0.15, -0.1) is 0 Å². The Kier molecular flexibility index (Phi) is 3.84. The van der Waals surface area contributed by atoms with Crippen molar-refractivity contribution >= 4 is 21.6 Å². The molecule has 2 nitrogen and oxygen atoms in total. The summed E-state index contributed by atoms with van der Waals surface area (Å²) in [7, 11) is 0. The highest BCUT2D eigenvalue weighted by Crippen LogP contribution is 2.27. The number of rotatable bonds is 3. The van der Waals surface area contributed by atoms with Crippen LogP contribution in [-0.4, -0.2) is 6.54 Å². The first kappa shape index (κ1) is 11.5. The van der Waals surface area contributed by atoms with Crippen LogP contribution in [0.25, 0.3) is 0 Å². The van der Waals surface area contributed by atoms with Gasteiger partial charge in [0.15, 0.2) is 0 Å². The number of nitriles is 1. The van der Waals surface area contributed by atoms with Gasteiger partial charge in [-0.3, -0.25) is 0 Å². The first-order valence-electron chi connectivity index (χ1n) is 5.73. The highest BCUT2D eigenvalue weighted by Gasteiger charge is 2.14. The Labute approximate surface area is 105 Å². The van der Waals surface area contributed by atoms with Crippen molar-refractivity contribution in [3.63, 3.8) is 0 Å². The summed E-state index contributed by atoms with van der Waals surface area (Å²) < 4.78 is 0.976. The first-order chi connectivity index (χ1) is 7.79. The molecule has 3 heteroatoms. The summed E-state index contributed by atoms with van der Waals surface area (Å²) in [6.07, 6.45) is 5.45. The standard InChI is InChI=1S/C13H15BrN2/c14-12-7-11(8-15)5-6-13(12)16-9-10-3-1-2-4-10/h5-7,10,16H,1-4,9H2. The summed E-state index contributed by atoms with van der Waals surface area (Å²) >= 11 is 3.48. The van der Waals surface area contributed by atoms with Crippen molar-refractivity contribution in [1.29, 1.82) is 5.26 Å². The molecule has 1 saturated carbocycles. The Bertz CT molecular complexity index is 403. The van der Waals surface area contributed by atoms with Gasteiger partial charge >= 0.3 is 0 Å². The Morgan fingerprint density at radius 3 is 2.75 bits per heavy atom. The van der Waals surface area contributed by atoms with Crippen LogP contribution < -0.4 is 5.32 Å². The van der Waals surface area contributed by atoms with Crippen LogP contribution in [0.3, 0.4) is 0 Å². The fraction of sp³-hybridized carbons (Fsp3) is 0.462. The minimum absolute atomic E-state index is 0.693. The van der Waals surface area contributed by atoms with Gasteiger partial charge in [0, 0.05) is 16.7 Å². The smallest absolute Gasteiger partial charge is 0.0992 e. The van der Waals surface area contributed by atoms with Crippen LogP contribution in [0.1, 0.15) is 31.2 Å². The lowest BCUT2D eigenvalue weighted by Crippen LogP contribution is -2.11. The molecule has 1 aliphatic carbocycles. The summed E-state index contributed by atoms with van der Waals surface area (Å²) in [5.41, 5.74) is 1.78. The molecule has 1 aromatic rings. The molecule has 0 saturated heterocycles. The summed E-state index contributed by atoms with van der Waals surface area (Å²) in [4.78, 5) is 0. The minimum Gasteiger partial charge on any atom is -0.384 e. The van der Waals surface area contributed by atoms with Crippen LogP contribution >= 0.6 is 15.9 Å². The minimum atomic E-state index is 0.693. The molecule has 1 N–H and O–H groups in total. The van der Waals surface area contributed by atoms with Gasteiger partial charge in [-0.25, -0.2) is 0 Å². The second-order valence-corrected chi connectivity index (χ2v) is 5.19. The molecular weight excluding hydrogens is 264 g/mol. The van der Waals surface area contributed by atoms with Crippen molar-refractivity contribution in [2.75, 3.05) is 11.9 Å². The zero-order chi connectivity index (χ0) is 11.4. The van der Waals surface area contributed by atoms with Crippen molar-refractivity contribution < 1.29 is 0 Å². The average molecular weight is 279 g/mol. The van der Waals surface area contributed by atoms with E-state index in [1.807, 2.05) is 18.2 Å². The second-order valence-electron chi connectivity index (χ2n) is 4.34. The third-order valence-corrected chi connectivity index (χ3v) is 3.81. The largest absolute Gasteiger partial charge is 0.384 e. The van der Waals surface area contributed by atoms with Crippen molar-refractivity contribution in [2.24, 2.45) is 5.92 Å². The number of nitrogens with one attached hydrogen (secondary N) is 1. The van der Waals surface area contributed by atoms with E-state index in [1.165, 1.54) is 25.7 Å². The molecule has 0 radical (unpaired) electrons. The van der Waals surface area contributed by atoms with Crippen molar-refractivity contribution in [3.8, 4) is 6.07 Å². The first-order valence-corrected chi connectivity index (χ1v) is 6.52. The average Bonchev–Trinajstić information content (AvgIpc) is 2.80. The molecule has 1 aliphatic rings. The summed E-state index contributed by atoms with van der Waals surface area (Å²) in [6, 6.07) is 7.81. The predicted molar refractivity (Wildman–Crippen MR) is 69.3 cm³/mol. The van der Waals surface area contributed by atoms with Gasteiger partial charge < -0.3 is 5.32 Å². The number of benzene rings is 1. The number of anilines is 1. The molecular formula is C13H15BrN2. The topological polar surface area (TPSA) is 35.8 Å². The highest BCUT2D eigenvalue weighted by atomic mass is 79.9. The van der Waals surface area contributed by atoms with Crippen molar-refractivity contribution in [2.45, 2.75) is 25.7 Å². The van der Waals surface area contributed by atoms with Gasteiger partial charge in [-0.1, -0.05) is 12.8 Å². The molecule has 0 aliphatic heterocycles. The van der Waals surface area contributed by atoms with E-state index in [-0.39, 0.29) is 0 Å². The molecule has 0 bridgehead atoms. The second kappa shape index (κ2) is 5.36. The summed E-state index contributed by atoms with van der Waals surface area (Å²) in [5, 5.41) is 12.2. The maximum absolute atomic E-state index is 8.76. The van der Waals surface area contributed by atoms with Crippen LogP contribution in [0.5, 0.6) is 0 Å². The van der Waals surface area contributed by atoms with Gasteiger partial charge in [-0.05, 0) is 52.9 Å². The van der Waals surface area contributed by atoms with Crippen LogP contribution in [0.15, 0.2) is 22.7 Å². The van der Waals surface area contributed by atoms with E-state index in [2.05, 4.69) is 27.3 Å². The van der Waals surface area contributed by atoms with Gasteiger partial charge in [0.05, 0.1) is 11.6 Å². The third-order valence-electron chi connectivity index (χ3n) is 3.15. The zero-order valence-corrected chi connectivity index (χ0v) is 10.8. The Balaban J connectivity index is 1.96. The van der Waals surface area contributed by atoms with Gasteiger partial charge in [0.25, 0.3) is 0 Å².